The van der Waals surface area contributed by atoms with Crippen LogP contribution >= 0.6 is 0 Å². The molecule has 30 heavy (non-hydrogen) atoms. The lowest BCUT2D eigenvalue weighted by molar-refractivity contribution is -0.169. The molecule has 2 aromatic carbocycles. The average Bonchev–Trinajstić information content (AvgIpc) is 2.67. The molecule has 0 saturated carbocycles. The van der Waals surface area contributed by atoms with Crippen LogP contribution in [0.1, 0.15) is 30.5 Å². The van der Waals surface area contributed by atoms with Gasteiger partial charge in [0.25, 0.3) is 5.91 Å². The molecule has 0 saturated heterocycles. The van der Waals surface area contributed by atoms with Crippen LogP contribution in [0.25, 0.3) is 0 Å². The van der Waals surface area contributed by atoms with E-state index in [2.05, 4.69) is 5.32 Å². The summed E-state index contributed by atoms with van der Waals surface area (Å²) in [5.74, 6) is -1.63. The van der Waals surface area contributed by atoms with Crippen LogP contribution in [-0.4, -0.2) is 24.1 Å². The van der Waals surface area contributed by atoms with E-state index in [1.807, 2.05) is 6.07 Å². The van der Waals surface area contributed by atoms with Gasteiger partial charge in [0.2, 0.25) is 5.60 Å². The maximum absolute atomic E-state index is 13.1. The highest BCUT2D eigenvalue weighted by molar-refractivity contribution is 5.98. The van der Waals surface area contributed by atoms with Crippen LogP contribution < -0.4 is 5.32 Å². The van der Waals surface area contributed by atoms with Crippen molar-refractivity contribution in [3.63, 3.8) is 0 Å². The second-order valence-electron chi connectivity index (χ2n) is 6.63. The zero-order chi connectivity index (χ0) is 22.4. The number of anilines is 1. The van der Waals surface area contributed by atoms with Gasteiger partial charge >= 0.3 is 12.1 Å². The lowest BCUT2D eigenvalue weighted by Crippen LogP contribution is -2.47. The Morgan fingerprint density at radius 2 is 1.80 bits per heavy atom. The Balaban J connectivity index is 2.18. The van der Waals surface area contributed by atoms with Crippen molar-refractivity contribution in [2.45, 2.75) is 32.2 Å². The molecule has 0 bridgehead atoms. The minimum absolute atomic E-state index is 0.139. The third-order valence-corrected chi connectivity index (χ3v) is 4.04. The molecule has 6 nitrogen and oxygen atoms in total. The number of alkyl halides is 3. The number of hydrogen-bond donors (Lipinski definition) is 1. The number of carbonyl (C=O) groups excluding carboxylic acids is 2. The Bertz CT molecular complexity index is 955. The minimum Gasteiger partial charge on any atom is -0.447 e. The Hall–Kier alpha value is -3.38. The van der Waals surface area contributed by atoms with Crippen molar-refractivity contribution >= 4 is 17.6 Å². The largest absolute Gasteiger partial charge is 0.447 e. The van der Waals surface area contributed by atoms with Gasteiger partial charge in [-0.2, -0.15) is 18.4 Å². The summed E-state index contributed by atoms with van der Waals surface area (Å²) < 4.78 is 50.0. The maximum atomic E-state index is 13.1. The molecule has 0 fully saturated rings. The highest BCUT2D eigenvalue weighted by Crippen LogP contribution is 2.33. The Kier molecular flexibility index (Phi) is 7.19. The van der Waals surface area contributed by atoms with E-state index in [9.17, 15) is 22.8 Å². The van der Waals surface area contributed by atoms with Gasteiger partial charge in [-0.1, -0.05) is 30.3 Å². The number of hydrogen-bond acceptors (Lipinski definition) is 5. The fourth-order valence-electron chi connectivity index (χ4n) is 2.61. The van der Waals surface area contributed by atoms with Crippen molar-refractivity contribution in [1.29, 1.82) is 5.26 Å². The first kappa shape index (κ1) is 22.9. The summed E-state index contributed by atoms with van der Waals surface area (Å²) in [6.45, 7) is 2.21. The van der Waals surface area contributed by atoms with Crippen molar-refractivity contribution in [3.05, 3.63) is 65.2 Å². The van der Waals surface area contributed by atoms with Crippen LogP contribution in [0.15, 0.2) is 48.5 Å². The number of halogens is 3. The van der Waals surface area contributed by atoms with Gasteiger partial charge in [0.1, 0.15) is 0 Å². The van der Waals surface area contributed by atoms with Gasteiger partial charge in [0.15, 0.2) is 0 Å². The molecule has 1 unspecified atom stereocenters. The van der Waals surface area contributed by atoms with Crippen LogP contribution in [0.2, 0.25) is 0 Å². The highest BCUT2D eigenvalue weighted by Gasteiger charge is 2.38. The van der Waals surface area contributed by atoms with E-state index in [4.69, 9.17) is 14.7 Å². The van der Waals surface area contributed by atoms with Crippen molar-refractivity contribution in [2.75, 3.05) is 11.9 Å². The molecule has 0 spiro atoms. The van der Waals surface area contributed by atoms with E-state index in [0.29, 0.717) is 6.07 Å². The molecule has 0 radical (unpaired) electrons. The van der Waals surface area contributed by atoms with E-state index >= 15 is 0 Å². The smallest absolute Gasteiger partial charge is 0.417 e. The molecular weight excluding hydrogens is 401 g/mol. The highest BCUT2D eigenvalue weighted by atomic mass is 19.4. The molecule has 0 heterocycles. The number of nitrogens with zero attached hydrogens (tertiary/aromatic N) is 1. The molecule has 0 aliphatic heterocycles. The summed E-state index contributed by atoms with van der Waals surface area (Å²) in [5, 5.41) is 11.2. The van der Waals surface area contributed by atoms with Gasteiger partial charge < -0.3 is 14.8 Å². The summed E-state index contributed by atoms with van der Waals surface area (Å²) in [6.07, 6.45) is -4.77. The zero-order valence-electron chi connectivity index (χ0n) is 16.2. The summed E-state index contributed by atoms with van der Waals surface area (Å²) in [4.78, 5) is 24.2. The Labute approximate surface area is 171 Å². The molecule has 2 rings (SSSR count). The van der Waals surface area contributed by atoms with Gasteiger partial charge in [-0.3, -0.25) is 9.59 Å². The number of amides is 1. The standard InChI is InChI=1S/C21H19F3N2O4/c1-14(27)30-20(2,13-29-12-15-6-4-3-5-7-15)19(28)26-17-9-8-16(11-25)18(10-17)21(22,23)24/h3-10H,12-13H2,1-2H3,(H,26,28). The average molecular weight is 420 g/mol. The van der Waals surface area contributed by atoms with Crippen molar-refractivity contribution in [3.8, 4) is 6.07 Å². The van der Waals surface area contributed by atoms with E-state index in [1.54, 1.807) is 24.3 Å². The summed E-state index contributed by atoms with van der Waals surface area (Å²) >= 11 is 0. The van der Waals surface area contributed by atoms with Crippen molar-refractivity contribution < 1.29 is 32.2 Å². The molecular formula is C21H19F3N2O4. The molecule has 1 N–H and O–H groups in total. The first-order valence-electron chi connectivity index (χ1n) is 8.79. The van der Waals surface area contributed by atoms with Gasteiger partial charge in [0.05, 0.1) is 30.4 Å². The molecule has 0 aromatic heterocycles. The monoisotopic (exact) mass is 420 g/mol. The van der Waals surface area contributed by atoms with Crippen LogP contribution in [0.5, 0.6) is 0 Å². The second-order valence-corrected chi connectivity index (χ2v) is 6.63. The quantitative estimate of drug-likeness (QED) is 0.683. The van der Waals surface area contributed by atoms with Crippen LogP contribution in [-0.2, 0) is 31.8 Å². The number of carbonyl (C=O) groups is 2. The molecule has 1 amide bonds. The van der Waals surface area contributed by atoms with Crippen molar-refractivity contribution in [1.82, 2.24) is 0 Å². The third kappa shape index (κ3) is 6.06. The number of benzene rings is 2. The first-order valence-corrected chi connectivity index (χ1v) is 8.79. The molecule has 0 aliphatic carbocycles. The predicted molar refractivity (Wildman–Crippen MR) is 101 cm³/mol. The van der Waals surface area contributed by atoms with E-state index < -0.39 is 34.8 Å². The molecule has 158 valence electrons. The predicted octanol–water partition coefficient (Wildman–Crippen LogP) is 4.05. The van der Waals surface area contributed by atoms with Gasteiger partial charge in [-0.25, -0.2) is 0 Å². The molecule has 1 atom stereocenters. The van der Waals surface area contributed by atoms with Crippen LogP contribution in [0.4, 0.5) is 18.9 Å². The maximum Gasteiger partial charge on any atom is 0.417 e. The van der Waals surface area contributed by atoms with Gasteiger partial charge in [0, 0.05) is 12.6 Å². The van der Waals surface area contributed by atoms with E-state index in [0.717, 1.165) is 24.6 Å². The fraction of sp³-hybridized carbons (Fsp3) is 0.286. The fourth-order valence-corrected chi connectivity index (χ4v) is 2.61. The number of esters is 1. The van der Waals surface area contributed by atoms with Gasteiger partial charge in [-0.15, -0.1) is 0 Å². The summed E-state index contributed by atoms with van der Waals surface area (Å²) in [7, 11) is 0. The number of nitriles is 1. The van der Waals surface area contributed by atoms with E-state index in [-0.39, 0.29) is 18.9 Å². The van der Waals surface area contributed by atoms with Crippen molar-refractivity contribution in [2.24, 2.45) is 0 Å². The number of nitrogens with one attached hydrogen (secondary N) is 1. The lowest BCUT2D eigenvalue weighted by atomic mass is 10.0. The first-order chi connectivity index (χ1) is 14.0. The topological polar surface area (TPSA) is 88.4 Å². The minimum atomic E-state index is -4.77. The second kappa shape index (κ2) is 9.41. The number of ether oxygens (including phenoxy) is 2. The van der Waals surface area contributed by atoms with Crippen LogP contribution in [0.3, 0.4) is 0 Å². The molecule has 2 aromatic rings. The molecule has 9 heteroatoms. The zero-order valence-corrected chi connectivity index (χ0v) is 16.2. The normalized spacial score (nSPS) is 13.1. The molecule has 0 aliphatic rings. The van der Waals surface area contributed by atoms with E-state index in [1.165, 1.54) is 13.0 Å². The van der Waals surface area contributed by atoms with Crippen LogP contribution in [0, 0.1) is 11.3 Å². The summed E-state index contributed by atoms with van der Waals surface area (Å²) in [6, 6.07) is 13.3. The lowest BCUT2D eigenvalue weighted by Gasteiger charge is -2.27. The number of rotatable bonds is 7. The summed E-state index contributed by atoms with van der Waals surface area (Å²) in [5.41, 5.74) is -2.92. The Morgan fingerprint density at radius 3 is 2.37 bits per heavy atom. The Morgan fingerprint density at radius 1 is 1.13 bits per heavy atom. The SMILES string of the molecule is CC(=O)OC(C)(COCc1ccccc1)C(=O)Nc1ccc(C#N)c(C(F)(F)F)c1. The van der Waals surface area contributed by atoms with Gasteiger partial charge in [-0.05, 0) is 30.7 Å². The third-order valence-electron chi connectivity index (χ3n) is 4.04.